The highest BCUT2D eigenvalue weighted by atomic mass is 79.9. The quantitative estimate of drug-likeness (QED) is 0.870. The first kappa shape index (κ1) is 12.8. The van der Waals surface area contributed by atoms with Gasteiger partial charge in [0.1, 0.15) is 0 Å². The highest BCUT2D eigenvalue weighted by molar-refractivity contribution is 9.10. The Balaban J connectivity index is 2.86. The molecular formula is C11H9BrClNO2S. The van der Waals surface area contributed by atoms with E-state index in [0.29, 0.717) is 10.6 Å². The summed E-state index contributed by atoms with van der Waals surface area (Å²) in [7, 11) is -3.70. The number of primary sulfonamides is 1. The topological polar surface area (TPSA) is 60.2 Å². The minimum atomic E-state index is -3.70. The van der Waals surface area contributed by atoms with E-state index in [0.717, 1.165) is 15.2 Å². The van der Waals surface area contributed by atoms with Crippen molar-refractivity contribution < 1.29 is 8.42 Å². The van der Waals surface area contributed by atoms with E-state index in [1.807, 2.05) is 6.07 Å². The Morgan fingerprint density at radius 1 is 1.18 bits per heavy atom. The summed E-state index contributed by atoms with van der Waals surface area (Å²) in [6.07, 6.45) is 0. The number of benzene rings is 2. The summed E-state index contributed by atoms with van der Waals surface area (Å²) in [6.45, 7) is 1.71. The van der Waals surface area contributed by atoms with Crippen molar-refractivity contribution in [2.75, 3.05) is 0 Å². The summed E-state index contributed by atoms with van der Waals surface area (Å²) in [5.74, 6) is 0. The van der Waals surface area contributed by atoms with Gasteiger partial charge in [-0.05, 0) is 57.4 Å². The monoisotopic (exact) mass is 333 g/mol. The number of sulfonamides is 1. The molecule has 0 radical (unpaired) electrons. The Labute approximate surface area is 113 Å². The van der Waals surface area contributed by atoms with Crippen molar-refractivity contribution in [2.45, 2.75) is 11.8 Å². The summed E-state index contributed by atoms with van der Waals surface area (Å²) >= 11 is 9.29. The zero-order chi connectivity index (χ0) is 12.8. The zero-order valence-electron chi connectivity index (χ0n) is 8.87. The average molecular weight is 335 g/mol. The highest BCUT2D eigenvalue weighted by Gasteiger charge is 2.13. The van der Waals surface area contributed by atoms with Crippen LogP contribution < -0.4 is 5.14 Å². The maximum absolute atomic E-state index is 11.4. The van der Waals surface area contributed by atoms with Gasteiger partial charge in [0, 0.05) is 4.47 Å². The fourth-order valence-corrected chi connectivity index (χ4v) is 3.03. The number of rotatable bonds is 1. The number of hydrogen-bond acceptors (Lipinski definition) is 2. The largest absolute Gasteiger partial charge is 0.238 e. The SMILES string of the molecule is Cc1cc2cc(Br)c(Cl)cc2cc1S(N)(=O)=O. The maximum Gasteiger partial charge on any atom is 0.238 e. The Hall–Kier alpha value is -0.620. The van der Waals surface area contributed by atoms with Crippen molar-refractivity contribution in [1.82, 2.24) is 0 Å². The predicted molar refractivity (Wildman–Crippen MR) is 72.8 cm³/mol. The average Bonchev–Trinajstić information content (AvgIpc) is 2.18. The third-order valence-corrected chi connectivity index (χ3v) is 4.73. The van der Waals surface area contributed by atoms with Crippen molar-refractivity contribution in [3.63, 3.8) is 0 Å². The van der Waals surface area contributed by atoms with E-state index in [1.54, 1.807) is 25.1 Å². The van der Waals surface area contributed by atoms with Crippen LogP contribution in [0.5, 0.6) is 0 Å². The predicted octanol–water partition coefficient (Wildman–Crippen LogP) is 3.21. The van der Waals surface area contributed by atoms with Crippen LogP contribution in [0.15, 0.2) is 33.6 Å². The summed E-state index contributed by atoms with van der Waals surface area (Å²) < 4.78 is 23.5. The van der Waals surface area contributed by atoms with Crippen LogP contribution in [0.3, 0.4) is 0 Å². The standard InChI is InChI=1S/C11H9BrClNO2S/c1-6-2-7-3-9(12)10(13)4-8(7)5-11(6)17(14,15)16/h2-5H,1H3,(H2,14,15,16). The second-order valence-corrected chi connectivity index (χ2v) is 6.57. The molecule has 0 aliphatic heterocycles. The van der Waals surface area contributed by atoms with Crippen LogP contribution in [0.1, 0.15) is 5.56 Å². The van der Waals surface area contributed by atoms with Crippen LogP contribution in [-0.2, 0) is 10.0 Å². The molecule has 0 aliphatic carbocycles. The van der Waals surface area contributed by atoms with Gasteiger partial charge in [0.15, 0.2) is 0 Å². The number of fused-ring (bicyclic) bond motifs is 1. The first-order valence-electron chi connectivity index (χ1n) is 4.71. The van der Waals surface area contributed by atoms with E-state index < -0.39 is 10.0 Å². The van der Waals surface area contributed by atoms with E-state index in [1.165, 1.54) is 0 Å². The Morgan fingerprint density at radius 3 is 2.35 bits per heavy atom. The van der Waals surface area contributed by atoms with Gasteiger partial charge in [-0.1, -0.05) is 17.7 Å². The van der Waals surface area contributed by atoms with Gasteiger partial charge < -0.3 is 0 Å². The minimum Gasteiger partial charge on any atom is -0.225 e. The fourth-order valence-electron chi connectivity index (χ4n) is 1.69. The van der Waals surface area contributed by atoms with Crippen LogP contribution in [0.4, 0.5) is 0 Å². The number of halogens is 2. The molecule has 0 aliphatic rings. The van der Waals surface area contributed by atoms with Crippen LogP contribution in [0.2, 0.25) is 5.02 Å². The first-order valence-corrected chi connectivity index (χ1v) is 7.43. The summed E-state index contributed by atoms with van der Waals surface area (Å²) in [5, 5.41) is 7.33. The van der Waals surface area contributed by atoms with E-state index >= 15 is 0 Å². The number of nitrogens with two attached hydrogens (primary N) is 1. The van der Waals surface area contributed by atoms with Gasteiger partial charge >= 0.3 is 0 Å². The molecule has 0 amide bonds. The number of aryl methyl sites for hydroxylation is 1. The fraction of sp³-hybridized carbons (Fsp3) is 0.0909. The zero-order valence-corrected chi connectivity index (χ0v) is 12.0. The van der Waals surface area contributed by atoms with Gasteiger partial charge in [-0.15, -0.1) is 0 Å². The first-order chi connectivity index (χ1) is 7.79. The molecule has 2 N–H and O–H groups in total. The van der Waals surface area contributed by atoms with E-state index in [9.17, 15) is 8.42 Å². The molecule has 0 aromatic heterocycles. The van der Waals surface area contributed by atoms with Gasteiger partial charge in [-0.3, -0.25) is 0 Å². The molecule has 3 nitrogen and oxygen atoms in total. The lowest BCUT2D eigenvalue weighted by Crippen LogP contribution is -2.13. The van der Waals surface area contributed by atoms with E-state index in [-0.39, 0.29) is 4.90 Å². The lowest BCUT2D eigenvalue weighted by Gasteiger charge is -2.07. The molecule has 0 bridgehead atoms. The molecular weight excluding hydrogens is 326 g/mol. The van der Waals surface area contributed by atoms with Gasteiger partial charge in [-0.2, -0.15) is 0 Å². The lowest BCUT2D eigenvalue weighted by atomic mass is 10.1. The van der Waals surface area contributed by atoms with Crippen LogP contribution in [-0.4, -0.2) is 8.42 Å². The van der Waals surface area contributed by atoms with Crippen molar-refractivity contribution in [3.8, 4) is 0 Å². The van der Waals surface area contributed by atoms with Crippen LogP contribution in [0, 0.1) is 6.92 Å². The molecule has 2 aromatic carbocycles. The second kappa shape index (κ2) is 4.24. The molecule has 0 atom stereocenters. The third-order valence-electron chi connectivity index (χ3n) is 2.48. The van der Waals surface area contributed by atoms with Crippen molar-refractivity contribution in [2.24, 2.45) is 5.14 Å². The second-order valence-electron chi connectivity index (χ2n) is 3.78. The molecule has 0 saturated carbocycles. The summed E-state index contributed by atoms with van der Waals surface area (Å²) in [6, 6.07) is 6.86. The Morgan fingerprint density at radius 2 is 1.76 bits per heavy atom. The molecule has 0 saturated heterocycles. The molecule has 0 unspecified atom stereocenters. The van der Waals surface area contributed by atoms with Crippen LogP contribution >= 0.6 is 27.5 Å². The summed E-state index contributed by atoms with van der Waals surface area (Å²) in [5.41, 5.74) is 0.620. The molecule has 90 valence electrons. The molecule has 17 heavy (non-hydrogen) atoms. The number of hydrogen-bond donors (Lipinski definition) is 1. The highest BCUT2D eigenvalue weighted by Crippen LogP contribution is 2.30. The summed E-state index contributed by atoms with van der Waals surface area (Å²) in [4.78, 5) is 0.128. The molecule has 0 spiro atoms. The molecule has 2 aromatic rings. The minimum absolute atomic E-state index is 0.128. The normalized spacial score (nSPS) is 12.0. The Kier molecular flexibility index (Phi) is 3.20. The Bertz CT molecular complexity index is 713. The van der Waals surface area contributed by atoms with Gasteiger partial charge in [0.05, 0.1) is 9.92 Å². The smallest absolute Gasteiger partial charge is 0.225 e. The lowest BCUT2D eigenvalue weighted by molar-refractivity contribution is 0.597. The van der Waals surface area contributed by atoms with Gasteiger partial charge in [0.2, 0.25) is 10.0 Å². The molecule has 6 heteroatoms. The van der Waals surface area contributed by atoms with Crippen molar-refractivity contribution >= 4 is 48.3 Å². The van der Waals surface area contributed by atoms with Crippen molar-refractivity contribution in [1.29, 1.82) is 0 Å². The van der Waals surface area contributed by atoms with E-state index in [4.69, 9.17) is 16.7 Å². The van der Waals surface area contributed by atoms with Crippen molar-refractivity contribution in [3.05, 3.63) is 39.3 Å². The molecule has 0 fully saturated rings. The maximum atomic E-state index is 11.4. The molecule has 0 heterocycles. The van der Waals surface area contributed by atoms with E-state index in [2.05, 4.69) is 15.9 Å². The van der Waals surface area contributed by atoms with Gasteiger partial charge in [-0.25, -0.2) is 13.6 Å². The van der Waals surface area contributed by atoms with Gasteiger partial charge in [0.25, 0.3) is 0 Å². The third kappa shape index (κ3) is 2.47. The van der Waals surface area contributed by atoms with Crippen LogP contribution in [0.25, 0.3) is 10.8 Å². The molecule has 2 rings (SSSR count).